The van der Waals surface area contributed by atoms with Gasteiger partial charge >= 0.3 is 6.09 Å². The number of likely N-dealkylation sites (tertiary alicyclic amines) is 1. The molecule has 0 bridgehead atoms. The highest BCUT2D eigenvalue weighted by Gasteiger charge is 2.47. The molecule has 3 rings (SSSR count). The van der Waals surface area contributed by atoms with E-state index in [1.54, 1.807) is 23.1 Å². The number of rotatable bonds is 1. The lowest BCUT2D eigenvalue weighted by molar-refractivity contribution is -0.000386. The summed E-state index contributed by atoms with van der Waals surface area (Å²) in [6.07, 6.45) is 1.62. The molecule has 0 radical (unpaired) electrons. The lowest BCUT2D eigenvalue weighted by Gasteiger charge is -2.36. The fraction of sp³-hybridized carbons (Fsp3) is 0.500. The van der Waals surface area contributed by atoms with Gasteiger partial charge in [-0.05, 0) is 38.6 Å². The van der Waals surface area contributed by atoms with Gasteiger partial charge in [-0.15, -0.1) is 0 Å². The van der Waals surface area contributed by atoms with E-state index >= 15 is 0 Å². The van der Waals surface area contributed by atoms with Gasteiger partial charge in [0.2, 0.25) is 0 Å². The van der Waals surface area contributed by atoms with Crippen molar-refractivity contribution in [2.75, 3.05) is 31.6 Å². The van der Waals surface area contributed by atoms with Crippen LogP contribution < -0.4 is 4.90 Å². The first-order valence-corrected chi connectivity index (χ1v) is 6.56. The number of benzene rings is 1. The number of carbonyl (C=O) groups is 1. The average Bonchev–Trinajstić information content (AvgIpc) is 2.65. The molecule has 5 nitrogen and oxygen atoms in total. The Hall–Kier alpha value is -1.75. The second-order valence-corrected chi connectivity index (χ2v) is 5.50. The van der Waals surface area contributed by atoms with Crippen molar-refractivity contribution in [1.82, 2.24) is 4.90 Å². The molecule has 2 saturated heterocycles. The number of phenols is 1. The lowest BCUT2D eigenvalue weighted by atomic mass is 9.93. The largest absolute Gasteiger partial charge is 0.508 e. The summed E-state index contributed by atoms with van der Waals surface area (Å²) >= 11 is 0. The van der Waals surface area contributed by atoms with Crippen LogP contribution in [0.1, 0.15) is 12.8 Å². The molecule has 5 heteroatoms. The van der Waals surface area contributed by atoms with E-state index in [9.17, 15) is 9.90 Å². The van der Waals surface area contributed by atoms with Crippen LogP contribution in [0, 0.1) is 0 Å². The summed E-state index contributed by atoms with van der Waals surface area (Å²) in [7, 11) is 2.05. The Morgan fingerprint density at radius 3 is 2.95 bits per heavy atom. The molecule has 0 aliphatic carbocycles. The monoisotopic (exact) mass is 262 g/mol. The highest BCUT2D eigenvalue weighted by Crippen LogP contribution is 2.34. The minimum Gasteiger partial charge on any atom is -0.508 e. The van der Waals surface area contributed by atoms with Gasteiger partial charge < -0.3 is 14.7 Å². The maximum absolute atomic E-state index is 12.1. The van der Waals surface area contributed by atoms with Crippen molar-refractivity contribution < 1.29 is 14.6 Å². The Morgan fingerprint density at radius 2 is 2.21 bits per heavy atom. The highest BCUT2D eigenvalue weighted by molar-refractivity contribution is 5.90. The molecule has 2 fully saturated rings. The van der Waals surface area contributed by atoms with Crippen LogP contribution in [-0.2, 0) is 4.74 Å². The Bertz CT molecular complexity index is 505. The third-order valence-corrected chi connectivity index (χ3v) is 3.84. The predicted octanol–water partition coefficient (Wildman–Crippen LogP) is 1.81. The molecule has 1 N–H and O–H groups in total. The van der Waals surface area contributed by atoms with Gasteiger partial charge in [0, 0.05) is 12.6 Å². The minimum atomic E-state index is -0.393. The van der Waals surface area contributed by atoms with E-state index in [2.05, 4.69) is 4.90 Å². The molecule has 1 unspecified atom stereocenters. The Kier molecular flexibility index (Phi) is 2.86. The summed E-state index contributed by atoms with van der Waals surface area (Å²) in [4.78, 5) is 15.9. The molecule has 0 aromatic heterocycles. The van der Waals surface area contributed by atoms with E-state index in [1.807, 2.05) is 13.1 Å². The number of anilines is 1. The number of nitrogens with zero attached hydrogens (tertiary/aromatic N) is 2. The number of hydrogen-bond acceptors (Lipinski definition) is 4. The molecule has 102 valence electrons. The van der Waals surface area contributed by atoms with E-state index in [-0.39, 0.29) is 11.8 Å². The number of aromatic hydroxyl groups is 1. The van der Waals surface area contributed by atoms with Gasteiger partial charge in [-0.3, -0.25) is 4.90 Å². The Labute approximate surface area is 112 Å². The first-order valence-electron chi connectivity index (χ1n) is 6.56. The van der Waals surface area contributed by atoms with Crippen molar-refractivity contribution in [2.45, 2.75) is 18.4 Å². The summed E-state index contributed by atoms with van der Waals surface area (Å²) < 4.78 is 5.63. The van der Waals surface area contributed by atoms with Crippen LogP contribution in [0.4, 0.5) is 10.5 Å². The van der Waals surface area contributed by atoms with Crippen LogP contribution in [0.25, 0.3) is 0 Å². The van der Waals surface area contributed by atoms with Crippen molar-refractivity contribution >= 4 is 11.8 Å². The summed E-state index contributed by atoms with van der Waals surface area (Å²) in [5, 5.41) is 9.52. The predicted molar refractivity (Wildman–Crippen MR) is 71.4 cm³/mol. The van der Waals surface area contributed by atoms with Crippen molar-refractivity contribution in [1.29, 1.82) is 0 Å². The fourth-order valence-electron chi connectivity index (χ4n) is 3.02. The second kappa shape index (κ2) is 4.42. The molecule has 19 heavy (non-hydrogen) atoms. The summed E-state index contributed by atoms with van der Waals surface area (Å²) in [5.74, 6) is 0.159. The summed E-state index contributed by atoms with van der Waals surface area (Å²) in [6, 6.07) is 6.73. The van der Waals surface area contributed by atoms with Crippen molar-refractivity contribution in [3.8, 4) is 5.75 Å². The van der Waals surface area contributed by atoms with Crippen LogP contribution in [0.15, 0.2) is 24.3 Å². The molecular weight excluding hydrogens is 244 g/mol. The molecule has 1 aromatic carbocycles. The van der Waals surface area contributed by atoms with Gasteiger partial charge in [0.1, 0.15) is 11.4 Å². The molecule has 2 aliphatic rings. The SMILES string of the molecule is CN1CCCC2(C1)CN(c1cccc(O)c1)C(=O)O2. The smallest absolute Gasteiger partial charge is 0.415 e. The lowest BCUT2D eigenvalue weighted by Crippen LogP contribution is -2.49. The van der Waals surface area contributed by atoms with Gasteiger partial charge in [0.05, 0.1) is 12.2 Å². The number of phenolic OH excluding ortho intramolecular Hbond substituents is 1. The molecule has 2 heterocycles. The van der Waals surface area contributed by atoms with Crippen molar-refractivity contribution in [2.24, 2.45) is 0 Å². The third kappa shape index (κ3) is 2.26. The quantitative estimate of drug-likeness (QED) is 0.838. The molecule has 1 amide bonds. The van der Waals surface area contributed by atoms with E-state index in [0.29, 0.717) is 12.2 Å². The number of ether oxygens (including phenoxy) is 1. The Morgan fingerprint density at radius 1 is 1.37 bits per heavy atom. The number of likely N-dealkylation sites (N-methyl/N-ethyl adjacent to an activating group) is 1. The van der Waals surface area contributed by atoms with Crippen LogP contribution in [0.3, 0.4) is 0 Å². The van der Waals surface area contributed by atoms with E-state index in [4.69, 9.17) is 4.74 Å². The van der Waals surface area contributed by atoms with Crippen LogP contribution in [-0.4, -0.2) is 48.4 Å². The van der Waals surface area contributed by atoms with Gasteiger partial charge in [0.25, 0.3) is 0 Å². The molecule has 1 atom stereocenters. The minimum absolute atomic E-state index is 0.159. The number of amides is 1. The molecule has 1 spiro atoms. The first-order chi connectivity index (χ1) is 9.08. The van der Waals surface area contributed by atoms with Gasteiger partial charge in [-0.25, -0.2) is 4.79 Å². The molecule has 2 aliphatic heterocycles. The topological polar surface area (TPSA) is 53.0 Å². The summed E-state index contributed by atoms with van der Waals surface area (Å²) in [6.45, 7) is 2.37. The fourth-order valence-corrected chi connectivity index (χ4v) is 3.02. The standard InChI is InChI=1S/C14H18N2O3/c1-15-7-3-6-14(9-15)10-16(13(18)19-14)11-4-2-5-12(17)8-11/h2,4-5,8,17H,3,6-7,9-10H2,1H3. The van der Waals surface area contributed by atoms with E-state index in [1.165, 1.54) is 0 Å². The molecular formula is C14H18N2O3. The average molecular weight is 262 g/mol. The first kappa shape index (κ1) is 12.3. The zero-order valence-corrected chi connectivity index (χ0v) is 11.0. The normalized spacial score (nSPS) is 27.8. The van der Waals surface area contributed by atoms with Gasteiger partial charge in [-0.2, -0.15) is 0 Å². The maximum atomic E-state index is 12.1. The number of hydrogen-bond donors (Lipinski definition) is 1. The Balaban J connectivity index is 1.84. The van der Waals surface area contributed by atoms with Crippen molar-refractivity contribution in [3.63, 3.8) is 0 Å². The number of piperidine rings is 1. The zero-order valence-electron chi connectivity index (χ0n) is 11.0. The van der Waals surface area contributed by atoms with Crippen LogP contribution >= 0.6 is 0 Å². The van der Waals surface area contributed by atoms with Crippen molar-refractivity contribution in [3.05, 3.63) is 24.3 Å². The van der Waals surface area contributed by atoms with Crippen LogP contribution in [0.2, 0.25) is 0 Å². The number of carbonyl (C=O) groups excluding carboxylic acids is 1. The molecule has 0 saturated carbocycles. The maximum Gasteiger partial charge on any atom is 0.415 e. The molecule has 1 aromatic rings. The summed E-state index contributed by atoms with van der Waals surface area (Å²) in [5.41, 5.74) is 0.297. The highest BCUT2D eigenvalue weighted by atomic mass is 16.6. The zero-order chi connectivity index (χ0) is 13.5. The third-order valence-electron chi connectivity index (χ3n) is 3.84. The van der Waals surface area contributed by atoms with E-state index in [0.717, 1.165) is 25.9 Å². The second-order valence-electron chi connectivity index (χ2n) is 5.50. The van der Waals surface area contributed by atoms with Crippen LogP contribution in [0.5, 0.6) is 5.75 Å². The van der Waals surface area contributed by atoms with Gasteiger partial charge in [0.15, 0.2) is 0 Å². The van der Waals surface area contributed by atoms with E-state index < -0.39 is 5.60 Å². The van der Waals surface area contributed by atoms with Gasteiger partial charge in [-0.1, -0.05) is 6.07 Å².